The number of nitrogens with one attached hydrogen (secondary N) is 1. The number of nitrogens with zero attached hydrogens (tertiary/aromatic N) is 2. The first-order valence-electron chi connectivity index (χ1n) is 9.02. The van der Waals surface area contributed by atoms with E-state index in [2.05, 4.69) is 10.5 Å². The minimum Gasteiger partial charge on any atom is -0.379 e. The van der Waals surface area contributed by atoms with E-state index in [1.165, 1.54) is 11.3 Å². The number of carbonyl (C=O) groups excluding carboxylic acids is 1. The van der Waals surface area contributed by atoms with Crippen molar-refractivity contribution in [2.45, 2.75) is 25.9 Å². The van der Waals surface area contributed by atoms with Crippen LogP contribution in [-0.2, 0) is 22.6 Å². The van der Waals surface area contributed by atoms with Crippen molar-refractivity contribution >= 4 is 46.3 Å². The van der Waals surface area contributed by atoms with Crippen LogP contribution < -0.4 is 17.1 Å². The van der Waals surface area contributed by atoms with Crippen LogP contribution in [0.4, 0.5) is 0 Å². The molecule has 0 atom stereocenters. The molecular formula is C19H25Cl2N5O2S. The molecule has 1 fully saturated rings. The molecule has 0 saturated carbocycles. The van der Waals surface area contributed by atoms with E-state index in [0.29, 0.717) is 28.9 Å². The zero-order valence-corrected chi connectivity index (χ0v) is 18.5. The van der Waals surface area contributed by atoms with Crippen molar-refractivity contribution in [1.82, 2.24) is 10.3 Å². The summed E-state index contributed by atoms with van der Waals surface area (Å²) >= 11 is 13.4. The monoisotopic (exact) mass is 457 g/mol. The first-order chi connectivity index (χ1) is 14.0. The molecular weight excluding hydrogens is 433 g/mol. The Kier molecular flexibility index (Phi) is 9.69. The molecule has 1 aliphatic rings. The van der Waals surface area contributed by atoms with Gasteiger partial charge in [0, 0.05) is 41.5 Å². The van der Waals surface area contributed by atoms with E-state index < -0.39 is 0 Å². The lowest BCUT2D eigenvalue weighted by Crippen LogP contribution is -2.31. The first-order valence-corrected chi connectivity index (χ1v) is 10.6. The molecule has 2 aromatic rings. The highest BCUT2D eigenvalue weighted by molar-refractivity contribution is 7.14. The number of hydrogen-bond acceptors (Lipinski definition) is 6. The molecule has 3 rings (SSSR count). The molecule has 1 saturated heterocycles. The normalized spacial score (nSPS) is 14.0. The summed E-state index contributed by atoms with van der Waals surface area (Å²) in [6, 6.07) is 9.35. The van der Waals surface area contributed by atoms with Gasteiger partial charge in [0.25, 0.3) is 0 Å². The average molecular weight is 458 g/mol. The van der Waals surface area contributed by atoms with Gasteiger partial charge in [0.1, 0.15) is 0 Å². The van der Waals surface area contributed by atoms with Gasteiger partial charge in [-0.25, -0.2) is 5.84 Å². The van der Waals surface area contributed by atoms with E-state index in [-0.39, 0.29) is 5.91 Å². The summed E-state index contributed by atoms with van der Waals surface area (Å²) in [5.41, 5.74) is 3.50. The molecule has 0 bridgehead atoms. The minimum atomic E-state index is 0.258. The van der Waals surface area contributed by atoms with Crippen molar-refractivity contribution in [2.24, 2.45) is 16.8 Å². The van der Waals surface area contributed by atoms with Crippen molar-refractivity contribution < 1.29 is 9.53 Å². The second kappa shape index (κ2) is 12.0. The lowest BCUT2D eigenvalue weighted by atomic mass is 10.1. The maximum Gasteiger partial charge on any atom is 0.222 e. The number of rotatable bonds is 6. The molecule has 5 N–H and O–H groups in total. The van der Waals surface area contributed by atoms with Crippen LogP contribution in [0.2, 0.25) is 10.0 Å². The van der Waals surface area contributed by atoms with Crippen LogP contribution in [-0.4, -0.2) is 36.8 Å². The SMILES string of the molecule is COCc1ccc(/C(=N/N)NN)s1.O=C1CCCN1CCc1cc(Cl)cc(Cl)c1. The van der Waals surface area contributed by atoms with Gasteiger partial charge in [-0.05, 0) is 48.7 Å². The number of thiophene rings is 1. The van der Waals surface area contributed by atoms with Crippen LogP contribution in [0.25, 0.3) is 0 Å². The number of hydrogen-bond donors (Lipinski definition) is 3. The van der Waals surface area contributed by atoms with Crippen LogP contribution in [0.5, 0.6) is 0 Å². The van der Waals surface area contributed by atoms with E-state index in [9.17, 15) is 4.79 Å². The van der Waals surface area contributed by atoms with Crippen LogP contribution in [0.1, 0.15) is 28.2 Å². The molecule has 0 radical (unpaired) electrons. The highest BCUT2D eigenvalue weighted by Gasteiger charge is 2.19. The minimum absolute atomic E-state index is 0.258. The van der Waals surface area contributed by atoms with Crippen molar-refractivity contribution in [3.63, 3.8) is 0 Å². The van der Waals surface area contributed by atoms with Gasteiger partial charge in [-0.1, -0.05) is 23.2 Å². The van der Waals surface area contributed by atoms with Crippen molar-refractivity contribution in [3.05, 3.63) is 55.7 Å². The quantitative estimate of drug-likeness (QED) is 0.267. The number of halogens is 2. The van der Waals surface area contributed by atoms with E-state index in [0.717, 1.165) is 41.2 Å². The van der Waals surface area contributed by atoms with Crippen LogP contribution in [0, 0.1) is 0 Å². The Morgan fingerprint density at radius 1 is 1.31 bits per heavy atom. The number of hydrazone groups is 1. The Hall–Kier alpha value is -1.84. The summed E-state index contributed by atoms with van der Waals surface area (Å²) in [4.78, 5) is 15.3. The lowest BCUT2D eigenvalue weighted by molar-refractivity contribution is -0.127. The number of hydrazine groups is 1. The van der Waals surface area contributed by atoms with E-state index >= 15 is 0 Å². The number of nitrogens with two attached hydrogens (primary N) is 2. The Morgan fingerprint density at radius 3 is 2.59 bits per heavy atom. The molecule has 0 spiro atoms. The molecule has 10 heteroatoms. The molecule has 1 aromatic heterocycles. The van der Waals surface area contributed by atoms with E-state index in [1.54, 1.807) is 13.2 Å². The molecule has 2 heterocycles. The molecule has 1 aliphatic heterocycles. The predicted octanol–water partition coefficient (Wildman–Crippen LogP) is 3.14. The van der Waals surface area contributed by atoms with Crippen LogP contribution >= 0.6 is 34.5 Å². The summed E-state index contributed by atoms with van der Waals surface area (Å²) in [6.45, 7) is 2.23. The smallest absolute Gasteiger partial charge is 0.222 e. The summed E-state index contributed by atoms with van der Waals surface area (Å²) < 4.78 is 4.98. The Labute approximate surface area is 184 Å². The summed E-state index contributed by atoms with van der Waals surface area (Å²) in [5, 5.41) is 4.80. The number of methoxy groups -OCH3 is 1. The Balaban J connectivity index is 0.000000212. The van der Waals surface area contributed by atoms with Gasteiger partial charge in [-0.3, -0.25) is 4.79 Å². The van der Waals surface area contributed by atoms with Crippen molar-refractivity contribution in [2.75, 3.05) is 20.2 Å². The van der Waals surface area contributed by atoms with Crippen molar-refractivity contribution in [3.8, 4) is 0 Å². The van der Waals surface area contributed by atoms with Gasteiger partial charge in [-0.2, -0.15) is 5.10 Å². The van der Waals surface area contributed by atoms with Gasteiger partial charge in [-0.15, -0.1) is 11.3 Å². The molecule has 7 nitrogen and oxygen atoms in total. The lowest BCUT2D eigenvalue weighted by Gasteiger charge is -2.15. The summed E-state index contributed by atoms with van der Waals surface area (Å²) in [5.74, 6) is 11.1. The van der Waals surface area contributed by atoms with E-state index in [4.69, 9.17) is 39.6 Å². The molecule has 1 aromatic carbocycles. The van der Waals surface area contributed by atoms with E-state index in [1.807, 2.05) is 29.2 Å². The fourth-order valence-corrected chi connectivity index (χ4v) is 4.37. The van der Waals surface area contributed by atoms with Crippen molar-refractivity contribution in [1.29, 1.82) is 0 Å². The van der Waals surface area contributed by atoms with Gasteiger partial charge in [0.15, 0.2) is 5.84 Å². The average Bonchev–Trinajstić information content (AvgIpc) is 3.30. The predicted molar refractivity (Wildman–Crippen MR) is 119 cm³/mol. The maximum atomic E-state index is 11.4. The van der Waals surface area contributed by atoms with Gasteiger partial charge in [0.2, 0.25) is 5.91 Å². The molecule has 0 unspecified atom stereocenters. The number of carbonyl (C=O) groups is 1. The van der Waals surface area contributed by atoms with Gasteiger partial charge in [0.05, 0.1) is 11.5 Å². The highest BCUT2D eigenvalue weighted by atomic mass is 35.5. The number of likely N-dealkylation sites (tertiary alicyclic amines) is 1. The number of benzene rings is 1. The third kappa shape index (κ3) is 7.49. The zero-order valence-electron chi connectivity index (χ0n) is 16.2. The van der Waals surface area contributed by atoms with Gasteiger partial charge >= 0.3 is 0 Å². The largest absolute Gasteiger partial charge is 0.379 e. The second-order valence-corrected chi connectivity index (χ2v) is 8.37. The van der Waals surface area contributed by atoms with Crippen LogP contribution in [0.3, 0.4) is 0 Å². The number of amidine groups is 1. The summed E-state index contributed by atoms with van der Waals surface area (Å²) in [6.07, 6.45) is 2.48. The highest BCUT2D eigenvalue weighted by Crippen LogP contribution is 2.20. The first kappa shape index (κ1) is 23.4. The number of amides is 1. The molecule has 0 aliphatic carbocycles. The third-order valence-electron chi connectivity index (χ3n) is 4.21. The Morgan fingerprint density at radius 2 is 2.03 bits per heavy atom. The Bertz CT molecular complexity index is 824. The molecule has 158 valence electrons. The van der Waals surface area contributed by atoms with Gasteiger partial charge < -0.3 is 20.9 Å². The molecule has 29 heavy (non-hydrogen) atoms. The third-order valence-corrected chi connectivity index (χ3v) is 5.71. The fourth-order valence-electron chi connectivity index (χ4n) is 2.86. The van der Waals surface area contributed by atoms with Crippen LogP contribution in [0.15, 0.2) is 35.4 Å². The zero-order chi connectivity index (χ0) is 21.2. The standard InChI is InChI=1S/C12H13Cl2NO.C7H12N4OS/c13-10-6-9(7-11(14)8-10)3-5-15-4-1-2-12(15)16;1-12-4-5-2-3-6(13-5)7(10-8)11-9/h6-8H,1-5H2;2-3H,4,8-9H2,1H3,(H,10,11). The maximum absolute atomic E-state index is 11.4. The second-order valence-electron chi connectivity index (χ2n) is 6.33. The summed E-state index contributed by atoms with van der Waals surface area (Å²) in [7, 11) is 1.65. The molecule has 1 amide bonds. The number of ether oxygens (including phenoxy) is 1. The fraction of sp³-hybridized carbons (Fsp3) is 0.368. The topological polar surface area (TPSA) is 106 Å².